The standard InChI is InChI=1S/C25H23F3N4O3/c26-25(27,28)20-2-4-22(29-14-20)32-11-10-30(16-24(32)34)15-23(33)31-8-5-17(6-9-31)18-1-3-21-19(13-18)7-12-35-21/h1-5,7,12-14H,6,8-11,15-16H2. The number of nitrogens with zero attached hydrogens (tertiary/aromatic N) is 4. The molecule has 0 atom stereocenters. The molecule has 1 saturated heterocycles. The van der Waals surface area contributed by atoms with Crippen molar-refractivity contribution in [3.8, 4) is 0 Å². The molecule has 2 amide bonds. The van der Waals surface area contributed by atoms with Crippen molar-refractivity contribution in [2.24, 2.45) is 0 Å². The molecule has 0 spiro atoms. The minimum absolute atomic E-state index is 0.00802. The smallest absolute Gasteiger partial charge is 0.417 e. The zero-order valence-corrected chi connectivity index (χ0v) is 18.8. The van der Waals surface area contributed by atoms with Crippen molar-refractivity contribution in [3.05, 3.63) is 66.1 Å². The summed E-state index contributed by atoms with van der Waals surface area (Å²) in [5.74, 6) is -0.178. The summed E-state index contributed by atoms with van der Waals surface area (Å²) in [5, 5.41) is 1.04. The number of benzene rings is 1. The highest BCUT2D eigenvalue weighted by Gasteiger charge is 2.32. The molecule has 182 valence electrons. The minimum atomic E-state index is -4.48. The van der Waals surface area contributed by atoms with Crippen molar-refractivity contribution in [2.45, 2.75) is 12.6 Å². The van der Waals surface area contributed by atoms with Gasteiger partial charge in [0.1, 0.15) is 11.4 Å². The van der Waals surface area contributed by atoms with E-state index in [1.807, 2.05) is 18.2 Å². The third-order valence-electron chi connectivity index (χ3n) is 6.40. The molecule has 2 aliphatic rings. The molecule has 1 aromatic carbocycles. The third-order valence-corrected chi connectivity index (χ3v) is 6.40. The Balaban J connectivity index is 1.15. The molecular formula is C25H23F3N4O3. The van der Waals surface area contributed by atoms with E-state index >= 15 is 0 Å². The predicted molar refractivity (Wildman–Crippen MR) is 123 cm³/mol. The molecule has 0 saturated carbocycles. The van der Waals surface area contributed by atoms with Crippen LogP contribution in [0.4, 0.5) is 19.0 Å². The topological polar surface area (TPSA) is 69.9 Å². The molecule has 0 N–H and O–H groups in total. The van der Waals surface area contributed by atoms with Crippen LogP contribution in [0.2, 0.25) is 0 Å². The largest absolute Gasteiger partial charge is 0.464 e. The first-order chi connectivity index (χ1) is 16.8. The second-order valence-electron chi connectivity index (χ2n) is 8.65. The molecule has 35 heavy (non-hydrogen) atoms. The summed E-state index contributed by atoms with van der Waals surface area (Å²) in [4.78, 5) is 34.1. The number of pyridine rings is 1. The summed E-state index contributed by atoms with van der Waals surface area (Å²) in [6.07, 6.45) is 0.703. The van der Waals surface area contributed by atoms with Crippen molar-refractivity contribution in [3.63, 3.8) is 0 Å². The van der Waals surface area contributed by atoms with Gasteiger partial charge in [-0.2, -0.15) is 13.2 Å². The number of amides is 2. The molecule has 0 bridgehead atoms. The van der Waals surface area contributed by atoms with Gasteiger partial charge in [0.25, 0.3) is 0 Å². The van der Waals surface area contributed by atoms with Gasteiger partial charge in [-0.25, -0.2) is 4.98 Å². The average Bonchev–Trinajstić information content (AvgIpc) is 3.32. The number of aromatic nitrogens is 1. The maximum atomic E-state index is 12.8. The second kappa shape index (κ2) is 9.18. The molecule has 0 unspecified atom stereocenters. The SMILES string of the molecule is O=C(CN1CCN(c2ccc(C(F)(F)F)cn2)C(=O)C1)N1CC=C(c2ccc3occc3c2)CC1. The number of piperazine rings is 1. The fraction of sp³-hybridized carbons (Fsp3) is 0.320. The van der Waals surface area contributed by atoms with Crippen molar-refractivity contribution >= 4 is 34.2 Å². The summed E-state index contributed by atoms with van der Waals surface area (Å²) in [6, 6.07) is 10.1. The van der Waals surface area contributed by atoms with E-state index in [0.717, 1.165) is 35.2 Å². The lowest BCUT2D eigenvalue weighted by Gasteiger charge is -2.35. The molecule has 3 aromatic rings. The van der Waals surface area contributed by atoms with Gasteiger partial charge in [0.05, 0.1) is 24.9 Å². The maximum Gasteiger partial charge on any atom is 0.417 e. The van der Waals surface area contributed by atoms with Crippen LogP contribution in [0.15, 0.2) is 59.4 Å². The first-order valence-electron chi connectivity index (χ1n) is 11.3. The van der Waals surface area contributed by atoms with E-state index in [0.29, 0.717) is 19.6 Å². The predicted octanol–water partition coefficient (Wildman–Crippen LogP) is 3.81. The van der Waals surface area contributed by atoms with Crippen LogP contribution >= 0.6 is 0 Å². The Morgan fingerprint density at radius 2 is 1.94 bits per heavy atom. The van der Waals surface area contributed by atoms with Crippen LogP contribution in [0, 0.1) is 0 Å². The monoisotopic (exact) mass is 484 g/mol. The lowest BCUT2D eigenvalue weighted by molar-refractivity contribution is -0.138. The van der Waals surface area contributed by atoms with Gasteiger partial charge in [-0.15, -0.1) is 0 Å². The van der Waals surface area contributed by atoms with Crippen molar-refractivity contribution in [1.82, 2.24) is 14.8 Å². The van der Waals surface area contributed by atoms with E-state index in [2.05, 4.69) is 17.1 Å². The number of furan rings is 1. The molecule has 7 nitrogen and oxygen atoms in total. The van der Waals surface area contributed by atoms with Crippen molar-refractivity contribution in [2.75, 3.05) is 44.2 Å². The van der Waals surface area contributed by atoms with Crippen LogP contribution in [0.5, 0.6) is 0 Å². The fourth-order valence-electron chi connectivity index (χ4n) is 4.43. The zero-order valence-electron chi connectivity index (χ0n) is 18.8. The Labute approximate surface area is 199 Å². The van der Waals surface area contributed by atoms with Crippen LogP contribution in [0.1, 0.15) is 17.5 Å². The Bertz CT molecular complexity index is 1280. The molecule has 2 aliphatic heterocycles. The lowest BCUT2D eigenvalue weighted by Crippen LogP contribution is -2.53. The number of halogens is 3. The highest BCUT2D eigenvalue weighted by atomic mass is 19.4. The van der Waals surface area contributed by atoms with Gasteiger partial charge in [0.15, 0.2) is 0 Å². The number of rotatable bonds is 4. The number of carbonyl (C=O) groups is 2. The van der Waals surface area contributed by atoms with Crippen molar-refractivity contribution in [1.29, 1.82) is 0 Å². The molecule has 0 radical (unpaired) electrons. The highest BCUT2D eigenvalue weighted by molar-refractivity contribution is 5.95. The van der Waals surface area contributed by atoms with Gasteiger partial charge < -0.3 is 9.32 Å². The van der Waals surface area contributed by atoms with Crippen LogP contribution in [-0.2, 0) is 15.8 Å². The number of hydrogen-bond acceptors (Lipinski definition) is 5. The number of fused-ring (bicyclic) bond motifs is 1. The molecule has 1 fully saturated rings. The van der Waals surface area contributed by atoms with E-state index in [1.165, 1.54) is 16.5 Å². The van der Waals surface area contributed by atoms with Gasteiger partial charge in [-0.05, 0) is 47.9 Å². The average molecular weight is 484 g/mol. The third kappa shape index (κ3) is 4.93. The van der Waals surface area contributed by atoms with Gasteiger partial charge in [-0.1, -0.05) is 12.1 Å². The van der Waals surface area contributed by atoms with Gasteiger partial charge in [0, 0.05) is 37.8 Å². The van der Waals surface area contributed by atoms with E-state index in [4.69, 9.17) is 4.42 Å². The van der Waals surface area contributed by atoms with Gasteiger partial charge in [-0.3, -0.25) is 19.4 Å². The molecule has 10 heteroatoms. The first kappa shape index (κ1) is 23.1. The number of alkyl halides is 3. The van der Waals surface area contributed by atoms with E-state index in [1.54, 1.807) is 16.1 Å². The second-order valence-corrected chi connectivity index (χ2v) is 8.65. The molecule has 2 aromatic heterocycles. The molecule has 4 heterocycles. The Morgan fingerprint density at radius 3 is 2.63 bits per heavy atom. The molecular weight excluding hydrogens is 461 g/mol. The quantitative estimate of drug-likeness (QED) is 0.563. The van der Waals surface area contributed by atoms with Crippen LogP contribution in [0.3, 0.4) is 0 Å². The van der Waals surface area contributed by atoms with Crippen LogP contribution in [-0.4, -0.2) is 65.9 Å². The fourth-order valence-corrected chi connectivity index (χ4v) is 4.43. The van der Waals surface area contributed by atoms with Crippen LogP contribution in [0.25, 0.3) is 16.5 Å². The van der Waals surface area contributed by atoms with E-state index in [-0.39, 0.29) is 37.3 Å². The Morgan fingerprint density at radius 1 is 1.09 bits per heavy atom. The normalized spacial score (nSPS) is 17.7. The zero-order chi connectivity index (χ0) is 24.6. The van der Waals surface area contributed by atoms with Crippen molar-refractivity contribution < 1.29 is 27.2 Å². The van der Waals surface area contributed by atoms with E-state index < -0.39 is 11.7 Å². The summed E-state index contributed by atoms with van der Waals surface area (Å²) in [7, 11) is 0. The highest BCUT2D eigenvalue weighted by Crippen LogP contribution is 2.30. The number of anilines is 1. The summed E-state index contributed by atoms with van der Waals surface area (Å²) >= 11 is 0. The Kier molecular flexibility index (Phi) is 6.06. The number of hydrogen-bond donors (Lipinski definition) is 0. The first-order valence-corrected chi connectivity index (χ1v) is 11.3. The van der Waals surface area contributed by atoms with E-state index in [9.17, 15) is 22.8 Å². The molecule has 5 rings (SSSR count). The summed E-state index contributed by atoms with van der Waals surface area (Å²) in [6.45, 7) is 1.90. The Hall–Kier alpha value is -3.66. The summed E-state index contributed by atoms with van der Waals surface area (Å²) < 4.78 is 43.6. The summed E-state index contributed by atoms with van der Waals surface area (Å²) in [5.41, 5.74) is 2.28. The lowest BCUT2D eigenvalue weighted by atomic mass is 9.98. The minimum Gasteiger partial charge on any atom is -0.464 e. The van der Waals surface area contributed by atoms with Gasteiger partial charge >= 0.3 is 6.18 Å². The van der Waals surface area contributed by atoms with Crippen LogP contribution < -0.4 is 4.90 Å². The maximum absolute atomic E-state index is 12.8. The van der Waals surface area contributed by atoms with Gasteiger partial charge in [0.2, 0.25) is 11.8 Å². The molecule has 0 aliphatic carbocycles. The number of carbonyl (C=O) groups excluding carboxylic acids is 2.